The summed E-state index contributed by atoms with van der Waals surface area (Å²) in [6, 6.07) is 6.80. The molecule has 6 nitrogen and oxygen atoms in total. The first-order chi connectivity index (χ1) is 16.0. The van der Waals surface area contributed by atoms with Crippen molar-refractivity contribution in [3.8, 4) is 5.75 Å². The standard InChI is InChI=1S/C28H38O6/c1-8-19(5)25(29)33-22-15-18(4)16-23(27(6)13-14-28(31,17(2)3)24(22)27)34-26(30)20-9-11-21(32-7)12-10-20/h8-12,16-17,22-24,31H,13-15H2,1-7H3/b19-8-/t22-,23+,24+,27+,28+/m0/s1. The molecule has 0 aromatic heterocycles. The van der Waals surface area contributed by atoms with Crippen LogP contribution in [0.5, 0.6) is 5.75 Å². The van der Waals surface area contributed by atoms with Crippen LogP contribution in [0.25, 0.3) is 0 Å². The normalized spacial score (nSPS) is 31.4. The lowest BCUT2D eigenvalue weighted by atomic mass is 9.66. The van der Waals surface area contributed by atoms with Crippen LogP contribution in [0, 0.1) is 17.3 Å². The maximum absolute atomic E-state index is 13.1. The summed E-state index contributed by atoms with van der Waals surface area (Å²) in [5.41, 5.74) is 0.270. The van der Waals surface area contributed by atoms with Crippen LogP contribution in [0.3, 0.4) is 0 Å². The van der Waals surface area contributed by atoms with Crippen molar-refractivity contribution in [1.29, 1.82) is 0 Å². The molecule has 0 heterocycles. The van der Waals surface area contributed by atoms with Gasteiger partial charge in [0.2, 0.25) is 0 Å². The molecule has 1 aromatic rings. The van der Waals surface area contributed by atoms with Crippen LogP contribution in [-0.2, 0) is 14.3 Å². The predicted octanol–water partition coefficient (Wildman–Crippen LogP) is 5.25. The largest absolute Gasteiger partial charge is 0.497 e. The molecule has 2 aliphatic carbocycles. The van der Waals surface area contributed by atoms with Crippen molar-refractivity contribution in [3.63, 3.8) is 0 Å². The smallest absolute Gasteiger partial charge is 0.338 e. The van der Waals surface area contributed by atoms with E-state index in [1.807, 2.05) is 33.8 Å². The lowest BCUT2D eigenvalue weighted by Crippen LogP contribution is -2.53. The minimum absolute atomic E-state index is 0.0558. The Labute approximate surface area is 203 Å². The minimum Gasteiger partial charge on any atom is -0.497 e. The highest BCUT2D eigenvalue weighted by Crippen LogP contribution is 2.58. The van der Waals surface area contributed by atoms with Gasteiger partial charge in [-0.15, -0.1) is 0 Å². The number of allylic oxidation sites excluding steroid dienone is 1. The second kappa shape index (κ2) is 9.95. The SMILES string of the molecule is C/C=C(/C)C(=O)O[C@H]1CC(C)=C[C@@H](OC(=O)c2ccc(OC)cc2)[C@@]2(C)CC[C@@](O)(C(C)C)[C@H]12. The number of hydrogen-bond donors (Lipinski definition) is 1. The Bertz CT molecular complexity index is 975. The van der Waals surface area contributed by atoms with E-state index in [0.29, 0.717) is 36.1 Å². The number of fused-ring (bicyclic) bond motifs is 1. The summed E-state index contributed by atoms with van der Waals surface area (Å²) in [5.74, 6) is -0.602. The van der Waals surface area contributed by atoms with Crippen LogP contribution < -0.4 is 4.74 Å². The Morgan fingerprint density at radius 2 is 1.79 bits per heavy atom. The second-order valence-corrected chi connectivity index (χ2v) is 10.3. The number of benzene rings is 1. The van der Waals surface area contributed by atoms with Gasteiger partial charge in [-0.1, -0.05) is 32.4 Å². The van der Waals surface area contributed by atoms with Gasteiger partial charge in [0.05, 0.1) is 18.3 Å². The Morgan fingerprint density at radius 1 is 1.15 bits per heavy atom. The molecule has 3 rings (SSSR count). The lowest BCUT2D eigenvalue weighted by molar-refractivity contribution is -0.166. The third kappa shape index (κ3) is 4.78. The van der Waals surface area contributed by atoms with Crippen LogP contribution >= 0.6 is 0 Å². The number of rotatable bonds is 6. The fourth-order valence-electron chi connectivity index (χ4n) is 5.55. The molecule has 5 atom stereocenters. The predicted molar refractivity (Wildman–Crippen MR) is 131 cm³/mol. The molecule has 34 heavy (non-hydrogen) atoms. The van der Waals surface area contributed by atoms with E-state index in [2.05, 4.69) is 0 Å². The number of carbonyl (C=O) groups excluding carboxylic acids is 2. The average molecular weight is 471 g/mol. The highest BCUT2D eigenvalue weighted by atomic mass is 16.6. The molecule has 1 fully saturated rings. The van der Waals surface area contributed by atoms with Crippen molar-refractivity contribution in [3.05, 3.63) is 53.1 Å². The van der Waals surface area contributed by atoms with Crippen LogP contribution in [-0.4, -0.2) is 42.0 Å². The summed E-state index contributed by atoms with van der Waals surface area (Å²) in [6.07, 6.45) is 4.28. The fourth-order valence-corrected chi connectivity index (χ4v) is 5.55. The highest BCUT2D eigenvalue weighted by molar-refractivity contribution is 5.90. The van der Waals surface area contributed by atoms with E-state index >= 15 is 0 Å². The monoisotopic (exact) mass is 470 g/mol. The molecule has 1 N–H and O–H groups in total. The molecule has 1 saturated carbocycles. The van der Waals surface area contributed by atoms with E-state index in [1.165, 1.54) is 0 Å². The zero-order valence-corrected chi connectivity index (χ0v) is 21.4. The van der Waals surface area contributed by atoms with E-state index in [4.69, 9.17) is 14.2 Å². The van der Waals surface area contributed by atoms with Crippen LogP contribution in [0.1, 0.15) is 71.2 Å². The molecule has 0 amide bonds. The van der Waals surface area contributed by atoms with Crippen molar-refractivity contribution in [2.24, 2.45) is 17.3 Å². The van der Waals surface area contributed by atoms with Crippen molar-refractivity contribution >= 4 is 11.9 Å². The van der Waals surface area contributed by atoms with Gasteiger partial charge < -0.3 is 19.3 Å². The Balaban J connectivity index is 1.99. The number of methoxy groups -OCH3 is 1. The van der Waals surface area contributed by atoms with E-state index < -0.39 is 35.1 Å². The van der Waals surface area contributed by atoms with Gasteiger partial charge in [-0.3, -0.25) is 0 Å². The number of hydrogen-bond acceptors (Lipinski definition) is 6. The molecule has 6 heteroatoms. The van der Waals surface area contributed by atoms with Crippen molar-refractivity contribution in [1.82, 2.24) is 0 Å². The maximum Gasteiger partial charge on any atom is 0.338 e. The molecule has 0 bridgehead atoms. The molecule has 1 aromatic carbocycles. The first kappa shape index (κ1) is 26.0. The van der Waals surface area contributed by atoms with Gasteiger partial charge in [0.25, 0.3) is 0 Å². The molecule has 0 radical (unpaired) electrons. The van der Waals surface area contributed by atoms with Gasteiger partial charge in [0, 0.05) is 23.3 Å². The molecule has 0 unspecified atom stereocenters. The topological polar surface area (TPSA) is 82.1 Å². The van der Waals surface area contributed by atoms with Crippen molar-refractivity contribution in [2.75, 3.05) is 7.11 Å². The van der Waals surface area contributed by atoms with Gasteiger partial charge in [0.15, 0.2) is 0 Å². The number of ether oxygens (including phenoxy) is 3. The maximum atomic E-state index is 13.1. The van der Waals surface area contributed by atoms with Gasteiger partial charge in [0.1, 0.15) is 18.0 Å². The summed E-state index contributed by atoms with van der Waals surface area (Å²) < 4.78 is 17.3. The third-order valence-corrected chi connectivity index (χ3v) is 7.87. The minimum atomic E-state index is -1.05. The summed E-state index contributed by atoms with van der Waals surface area (Å²) in [6.45, 7) is 11.5. The van der Waals surface area contributed by atoms with Crippen molar-refractivity contribution in [2.45, 2.75) is 78.6 Å². The first-order valence-corrected chi connectivity index (χ1v) is 12.0. The molecular formula is C28H38O6. The summed E-state index contributed by atoms with van der Waals surface area (Å²) >= 11 is 0. The number of esters is 2. The van der Waals surface area contributed by atoms with Gasteiger partial charge in [-0.2, -0.15) is 0 Å². The Morgan fingerprint density at radius 3 is 2.35 bits per heavy atom. The first-order valence-electron chi connectivity index (χ1n) is 12.0. The average Bonchev–Trinajstić information content (AvgIpc) is 3.04. The zero-order valence-electron chi connectivity index (χ0n) is 21.4. The molecule has 2 aliphatic rings. The van der Waals surface area contributed by atoms with E-state index in [1.54, 1.807) is 51.3 Å². The third-order valence-electron chi connectivity index (χ3n) is 7.87. The van der Waals surface area contributed by atoms with Crippen LogP contribution in [0.2, 0.25) is 0 Å². The van der Waals surface area contributed by atoms with E-state index in [-0.39, 0.29) is 11.9 Å². The quantitative estimate of drug-likeness (QED) is 0.347. The zero-order chi connectivity index (χ0) is 25.3. The van der Waals surface area contributed by atoms with E-state index in [9.17, 15) is 14.7 Å². The van der Waals surface area contributed by atoms with Gasteiger partial charge in [-0.05, 0) is 69.9 Å². The summed E-state index contributed by atoms with van der Waals surface area (Å²) in [7, 11) is 1.57. The second-order valence-electron chi connectivity index (χ2n) is 10.3. The fraction of sp³-hybridized carbons (Fsp3) is 0.571. The molecule has 0 saturated heterocycles. The van der Waals surface area contributed by atoms with Gasteiger partial charge in [-0.25, -0.2) is 9.59 Å². The highest BCUT2D eigenvalue weighted by Gasteiger charge is 2.63. The summed E-state index contributed by atoms with van der Waals surface area (Å²) in [4.78, 5) is 25.8. The summed E-state index contributed by atoms with van der Waals surface area (Å²) in [5, 5.41) is 11.9. The number of aliphatic hydroxyl groups is 1. The molecule has 186 valence electrons. The Hall–Kier alpha value is -2.60. The van der Waals surface area contributed by atoms with Gasteiger partial charge >= 0.3 is 11.9 Å². The van der Waals surface area contributed by atoms with E-state index in [0.717, 1.165) is 5.57 Å². The molecule has 0 spiro atoms. The lowest BCUT2D eigenvalue weighted by Gasteiger charge is -2.45. The molecular weight excluding hydrogens is 432 g/mol. The van der Waals surface area contributed by atoms with Crippen LogP contribution in [0.15, 0.2) is 47.6 Å². The number of carbonyl (C=O) groups is 2. The molecule has 0 aliphatic heterocycles. The Kier molecular flexibility index (Phi) is 7.61. The van der Waals surface area contributed by atoms with Crippen molar-refractivity contribution < 1.29 is 28.9 Å². The van der Waals surface area contributed by atoms with Crippen LogP contribution in [0.4, 0.5) is 0 Å².